The first-order valence-corrected chi connectivity index (χ1v) is 7.69. The molecule has 21 heavy (non-hydrogen) atoms. The summed E-state index contributed by atoms with van der Waals surface area (Å²) in [7, 11) is 0. The predicted molar refractivity (Wildman–Crippen MR) is 85.2 cm³/mol. The van der Waals surface area contributed by atoms with Crippen molar-refractivity contribution in [3.8, 4) is 6.07 Å². The summed E-state index contributed by atoms with van der Waals surface area (Å²) in [5, 5.41) is 13.8. The van der Waals surface area contributed by atoms with E-state index in [-0.39, 0.29) is 11.3 Å². The van der Waals surface area contributed by atoms with Gasteiger partial charge in [-0.3, -0.25) is 4.79 Å². The molecule has 1 aromatic heterocycles. The van der Waals surface area contributed by atoms with E-state index in [1.165, 1.54) is 4.88 Å². The van der Waals surface area contributed by atoms with Crippen LogP contribution in [0.1, 0.15) is 29.9 Å². The number of rotatable bonds is 5. The highest BCUT2D eigenvalue weighted by molar-refractivity contribution is 7.10. The Kier molecular flexibility index (Phi) is 4.77. The minimum Gasteiger partial charge on any atom is -0.355 e. The van der Waals surface area contributed by atoms with E-state index in [4.69, 9.17) is 5.26 Å². The number of nitrogens with one attached hydrogen (secondary N) is 1. The van der Waals surface area contributed by atoms with E-state index >= 15 is 0 Å². The Morgan fingerprint density at radius 2 is 2.00 bits per heavy atom. The van der Waals surface area contributed by atoms with Crippen LogP contribution >= 0.6 is 11.3 Å². The van der Waals surface area contributed by atoms with Crippen LogP contribution in [0.15, 0.2) is 41.8 Å². The average molecular weight is 298 g/mol. The van der Waals surface area contributed by atoms with Crippen LogP contribution in [0.3, 0.4) is 0 Å². The largest absolute Gasteiger partial charge is 0.355 e. The molecule has 0 radical (unpaired) electrons. The van der Waals surface area contributed by atoms with Crippen molar-refractivity contribution in [3.05, 3.63) is 57.8 Å². The van der Waals surface area contributed by atoms with Gasteiger partial charge in [0.15, 0.2) is 0 Å². The molecular weight excluding hydrogens is 280 g/mol. The Balaban J connectivity index is 1.88. The van der Waals surface area contributed by atoms with E-state index in [0.717, 1.165) is 5.56 Å². The van der Waals surface area contributed by atoms with Gasteiger partial charge in [-0.05, 0) is 29.1 Å². The quantitative estimate of drug-likeness (QED) is 0.921. The van der Waals surface area contributed by atoms with Crippen LogP contribution < -0.4 is 5.32 Å². The third-order valence-electron chi connectivity index (χ3n) is 3.36. The molecule has 0 fully saturated rings. The Morgan fingerprint density at radius 3 is 2.57 bits per heavy atom. The van der Waals surface area contributed by atoms with Gasteiger partial charge in [-0.15, -0.1) is 11.3 Å². The van der Waals surface area contributed by atoms with Crippen molar-refractivity contribution in [1.29, 1.82) is 5.26 Å². The van der Waals surface area contributed by atoms with Crippen LogP contribution in [-0.4, -0.2) is 12.5 Å². The monoisotopic (exact) mass is 298 g/mol. The second kappa shape index (κ2) is 6.55. The summed E-state index contributed by atoms with van der Waals surface area (Å²) in [5.41, 5.74) is 1.47. The summed E-state index contributed by atoms with van der Waals surface area (Å²) in [5.74, 6) is 0.00402. The Morgan fingerprint density at radius 1 is 1.29 bits per heavy atom. The lowest BCUT2D eigenvalue weighted by Crippen LogP contribution is -2.36. The third-order valence-corrected chi connectivity index (χ3v) is 4.60. The van der Waals surface area contributed by atoms with Gasteiger partial charge in [0.05, 0.1) is 18.1 Å². The van der Waals surface area contributed by atoms with E-state index in [0.29, 0.717) is 18.5 Å². The molecule has 0 bridgehead atoms. The molecule has 0 unspecified atom stereocenters. The molecule has 3 nitrogen and oxygen atoms in total. The number of hydrogen-bond donors (Lipinski definition) is 1. The van der Waals surface area contributed by atoms with E-state index < -0.39 is 0 Å². The van der Waals surface area contributed by atoms with Crippen LogP contribution in [-0.2, 0) is 16.6 Å². The molecule has 0 spiro atoms. The summed E-state index contributed by atoms with van der Waals surface area (Å²) >= 11 is 1.71. The molecular formula is C17H18N2OS. The summed E-state index contributed by atoms with van der Waals surface area (Å²) in [6.45, 7) is 4.87. The number of nitriles is 1. The number of hydrogen-bond acceptors (Lipinski definition) is 3. The van der Waals surface area contributed by atoms with Crippen LogP contribution in [0.2, 0.25) is 0 Å². The number of carbonyl (C=O) groups excluding carboxylic acids is 1. The van der Waals surface area contributed by atoms with Crippen molar-refractivity contribution >= 4 is 17.2 Å². The van der Waals surface area contributed by atoms with E-state index in [2.05, 4.69) is 36.7 Å². The SMILES string of the molecule is CC(C)(CNC(=O)Cc1ccc(C#N)cc1)c1cccs1. The second-order valence-corrected chi connectivity index (χ2v) is 6.57. The highest BCUT2D eigenvalue weighted by atomic mass is 32.1. The molecule has 108 valence electrons. The predicted octanol–water partition coefficient (Wildman–Crippen LogP) is 3.26. The lowest BCUT2D eigenvalue weighted by molar-refractivity contribution is -0.120. The zero-order valence-corrected chi connectivity index (χ0v) is 13.0. The van der Waals surface area contributed by atoms with Crippen molar-refractivity contribution in [2.24, 2.45) is 0 Å². The molecule has 0 aliphatic heterocycles. The normalized spacial score (nSPS) is 10.9. The molecule has 1 amide bonds. The minimum absolute atomic E-state index is 0.00402. The van der Waals surface area contributed by atoms with Crippen molar-refractivity contribution in [3.63, 3.8) is 0 Å². The Labute approximate surface area is 129 Å². The van der Waals surface area contributed by atoms with Crippen LogP contribution in [0.4, 0.5) is 0 Å². The number of carbonyl (C=O) groups is 1. The van der Waals surface area contributed by atoms with Crippen LogP contribution in [0.25, 0.3) is 0 Å². The molecule has 2 aromatic rings. The highest BCUT2D eigenvalue weighted by Crippen LogP contribution is 2.26. The number of nitrogens with zero attached hydrogens (tertiary/aromatic N) is 1. The zero-order chi connectivity index (χ0) is 15.3. The molecule has 0 saturated heterocycles. The fourth-order valence-corrected chi connectivity index (χ4v) is 2.87. The molecule has 0 saturated carbocycles. The Hall–Kier alpha value is -2.12. The molecule has 0 atom stereocenters. The Bertz CT molecular complexity index is 636. The van der Waals surface area contributed by atoms with Gasteiger partial charge < -0.3 is 5.32 Å². The third kappa shape index (κ3) is 4.17. The van der Waals surface area contributed by atoms with E-state index in [1.807, 2.05) is 18.2 Å². The van der Waals surface area contributed by atoms with E-state index in [1.54, 1.807) is 23.5 Å². The van der Waals surface area contributed by atoms with Gasteiger partial charge in [-0.1, -0.05) is 32.0 Å². The number of benzene rings is 1. The van der Waals surface area contributed by atoms with E-state index in [9.17, 15) is 4.79 Å². The van der Waals surface area contributed by atoms with Crippen molar-refractivity contribution in [2.75, 3.05) is 6.54 Å². The first-order chi connectivity index (χ1) is 10.0. The summed E-state index contributed by atoms with van der Waals surface area (Å²) in [6.07, 6.45) is 0.340. The molecule has 4 heteroatoms. The van der Waals surface area contributed by atoms with Crippen molar-refractivity contribution in [1.82, 2.24) is 5.32 Å². The maximum atomic E-state index is 12.0. The first-order valence-electron chi connectivity index (χ1n) is 6.81. The first kappa shape index (κ1) is 15.3. The summed E-state index contributed by atoms with van der Waals surface area (Å²) in [4.78, 5) is 13.3. The highest BCUT2D eigenvalue weighted by Gasteiger charge is 2.22. The maximum absolute atomic E-state index is 12.0. The molecule has 1 heterocycles. The fraction of sp³-hybridized carbons (Fsp3) is 0.294. The molecule has 1 aromatic carbocycles. The van der Waals surface area contributed by atoms with Gasteiger partial charge in [0.25, 0.3) is 0 Å². The summed E-state index contributed by atoms with van der Waals surface area (Å²) in [6, 6.07) is 13.3. The zero-order valence-electron chi connectivity index (χ0n) is 12.2. The molecule has 0 aliphatic rings. The molecule has 0 aliphatic carbocycles. The molecule has 2 rings (SSSR count). The number of thiophene rings is 1. The van der Waals surface area contributed by atoms with Gasteiger partial charge in [0.2, 0.25) is 5.91 Å². The van der Waals surface area contributed by atoms with Crippen molar-refractivity contribution < 1.29 is 4.79 Å². The van der Waals surface area contributed by atoms with Crippen LogP contribution in [0, 0.1) is 11.3 Å². The second-order valence-electron chi connectivity index (χ2n) is 5.62. The fourth-order valence-electron chi connectivity index (χ4n) is 2.02. The van der Waals surface area contributed by atoms with Gasteiger partial charge in [-0.25, -0.2) is 0 Å². The minimum atomic E-state index is -0.0610. The van der Waals surface area contributed by atoms with Gasteiger partial charge in [0, 0.05) is 16.8 Å². The van der Waals surface area contributed by atoms with Gasteiger partial charge in [0.1, 0.15) is 0 Å². The van der Waals surface area contributed by atoms with Crippen molar-refractivity contribution in [2.45, 2.75) is 25.7 Å². The lowest BCUT2D eigenvalue weighted by Gasteiger charge is -2.23. The number of amides is 1. The van der Waals surface area contributed by atoms with Crippen LogP contribution in [0.5, 0.6) is 0 Å². The van der Waals surface area contributed by atoms with Gasteiger partial charge in [-0.2, -0.15) is 5.26 Å². The summed E-state index contributed by atoms with van der Waals surface area (Å²) < 4.78 is 0. The topological polar surface area (TPSA) is 52.9 Å². The maximum Gasteiger partial charge on any atom is 0.224 e. The average Bonchev–Trinajstić information content (AvgIpc) is 3.01. The smallest absolute Gasteiger partial charge is 0.224 e. The van der Waals surface area contributed by atoms with Gasteiger partial charge >= 0.3 is 0 Å². The molecule has 1 N–H and O–H groups in total. The lowest BCUT2D eigenvalue weighted by atomic mass is 9.91. The standard InChI is InChI=1S/C17H18N2OS/c1-17(2,15-4-3-9-21-15)12-19-16(20)10-13-5-7-14(11-18)8-6-13/h3-9H,10,12H2,1-2H3,(H,19,20).